The Morgan fingerprint density at radius 3 is 2.10 bits per heavy atom. The van der Waals surface area contributed by atoms with Gasteiger partial charge in [0.25, 0.3) is 0 Å². The van der Waals surface area contributed by atoms with E-state index in [2.05, 4.69) is 76.1 Å². The molecule has 2 heteroatoms. The summed E-state index contributed by atoms with van der Waals surface area (Å²) in [6.07, 6.45) is 1.11. The van der Waals surface area contributed by atoms with Gasteiger partial charge in [0.15, 0.2) is 0 Å². The van der Waals surface area contributed by atoms with Gasteiger partial charge in [-0.05, 0) is 44.0 Å². The lowest BCUT2D eigenvalue weighted by atomic mass is 9.97. The molecular weight excluding hydrogens is 244 g/mol. The number of benzene rings is 1. The van der Waals surface area contributed by atoms with Crippen molar-refractivity contribution in [2.45, 2.75) is 53.1 Å². The van der Waals surface area contributed by atoms with Gasteiger partial charge in [-0.25, -0.2) is 0 Å². The molecule has 0 bridgehead atoms. The van der Waals surface area contributed by atoms with E-state index in [1.54, 1.807) is 0 Å². The van der Waals surface area contributed by atoms with Gasteiger partial charge < -0.3 is 10.2 Å². The first-order valence-electron chi connectivity index (χ1n) is 8.02. The number of hydrogen-bond acceptors (Lipinski definition) is 2. The van der Waals surface area contributed by atoms with Crippen molar-refractivity contribution in [3.63, 3.8) is 0 Å². The quantitative estimate of drug-likeness (QED) is 0.775. The zero-order chi connectivity index (χ0) is 15.1. The summed E-state index contributed by atoms with van der Waals surface area (Å²) >= 11 is 0. The van der Waals surface area contributed by atoms with Gasteiger partial charge in [0, 0.05) is 18.6 Å². The minimum absolute atomic E-state index is 0.398. The molecule has 1 aromatic rings. The SMILES string of the molecule is CCNC(c1ccc(CC)cc1)C(C)N(C)CC(C)C. The van der Waals surface area contributed by atoms with Crippen LogP contribution in [0.2, 0.25) is 0 Å². The van der Waals surface area contributed by atoms with E-state index >= 15 is 0 Å². The molecule has 2 nitrogen and oxygen atoms in total. The smallest absolute Gasteiger partial charge is 0.0475 e. The maximum atomic E-state index is 3.65. The van der Waals surface area contributed by atoms with Crippen molar-refractivity contribution in [2.24, 2.45) is 5.92 Å². The highest BCUT2D eigenvalue weighted by molar-refractivity contribution is 5.26. The molecule has 0 aliphatic rings. The predicted octanol–water partition coefficient (Wildman–Crippen LogP) is 3.88. The number of hydrogen-bond donors (Lipinski definition) is 1. The molecular formula is C18H32N2. The fourth-order valence-corrected chi connectivity index (χ4v) is 2.74. The average molecular weight is 276 g/mol. The molecule has 0 spiro atoms. The molecule has 1 N–H and O–H groups in total. The largest absolute Gasteiger partial charge is 0.309 e. The Labute approximate surface area is 125 Å². The second-order valence-electron chi connectivity index (χ2n) is 6.20. The van der Waals surface area contributed by atoms with Crippen LogP contribution in [0.25, 0.3) is 0 Å². The van der Waals surface area contributed by atoms with Crippen molar-refractivity contribution >= 4 is 0 Å². The van der Waals surface area contributed by atoms with E-state index in [1.807, 2.05) is 0 Å². The van der Waals surface area contributed by atoms with E-state index in [-0.39, 0.29) is 0 Å². The lowest BCUT2D eigenvalue weighted by molar-refractivity contribution is 0.188. The van der Waals surface area contributed by atoms with Crippen LogP contribution in [-0.2, 0) is 6.42 Å². The first-order valence-corrected chi connectivity index (χ1v) is 8.02. The molecule has 2 unspecified atom stereocenters. The Hall–Kier alpha value is -0.860. The van der Waals surface area contributed by atoms with E-state index in [1.165, 1.54) is 11.1 Å². The van der Waals surface area contributed by atoms with Crippen LogP contribution in [0.5, 0.6) is 0 Å². The van der Waals surface area contributed by atoms with Gasteiger partial charge in [0.05, 0.1) is 0 Å². The van der Waals surface area contributed by atoms with Crippen LogP contribution in [0.3, 0.4) is 0 Å². The molecule has 0 fully saturated rings. The number of nitrogens with zero attached hydrogens (tertiary/aromatic N) is 1. The second-order valence-corrected chi connectivity index (χ2v) is 6.20. The van der Waals surface area contributed by atoms with Crippen molar-refractivity contribution in [3.8, 4) is 0 Å². The Balaban J connectivity index is 2.85. The maximum absolute atomic E-state index is 3.65. The van der Waals surface area contributed by atoms with E-state index < -0.39 is 0 Å². The summed E-state index contributed by atoms with van der Waals surface area (Å²) in [6, 6.07) is 9.97. The molecule has 1 aromatic carbocycles. The first kappa shape index (κ1) is 17.2. The standard InChI is InChI=1S/C18H32N2/c1-7-16-9-11-17(12-10-16)18(19-8-2)15(5)20(6)13-14(3)4/h9-12,14-15,18-19H,7-8,13H2,1-6H3. The normalized spacial score (nSPS) is 14.8. The minimum atomic E-state index is 0.398. The van der Waals surface area contributed by atoms with Gasteiger partial charge in [0.1, 0.15) is 0 Å². The Morgan fingerprint density at radius 2 is 1.65 bits per heavy atom. The minimum Gasteiger partial charge on any atom is -0.309 e. The average Bonchev–Trinajstić information content (AvgIpc) is 2.43. The van der Waals surface area contributed by atoms with Crippen molar-refractivity contribution < 1.29 is 0 Å². The van der Waals surface area contributed by atoms with E-state index in [9.17, 15) is 0 Å². The Bertz CT molecular complexity index is 370. The van der Waals surface area contributed by atoms with Crippen molar-refractivity contribution in [2.75, 3.05) is 20.1 Å². The van der Waals surface area contributed by atoms with Gasteiger partial charge in [0.2, 0.25) is 0 Å². The van der Waals surface area contributed by atoms with E-state index in [4.69, 9.17) is 0 Å². The molecule has 1 rings (SSSR count). The van der Waals surface area contributed by atoms with Crippen molar-refractivity contribution in [1.29, 1.82) is 0 Å². The van der Waals surface area contributed by atoms with Crippen molar-refractivity contribution in [3.05, 3.63) is 35.4 Å². The van der Waals surface area contributed by atoms with Crippen molar-refractivity contribution in [1.82, 2.24) is 10.2 Å². The molecule has 0 radical (unpaired) electrons. The third-order valence-electron chi connectivity index (χ3n) is 4.00. The molecule has 0 aliphatic heterocycles. The summed E-state index contributed by atoms with van der Waals surface area (Å²) in [6.45, 7) is 13.4. The van der Waals surface area contributed by atoms with Crippen LogP contribution in [-0.4, -0.2) is 31.1 Å². The summed E-state index contributed by atoms with van der Waals surface area (Å²) in [5, 5.41) is 3.65. The number of likely N-dealkylation sites (N-methyl/N-ethyl adjacent to an activating group) is 2. The van der Waals surface area contributed by atoms with Gasteiger partial charge in [-0.15, -0.1) is 0 Å². The molecule has 0 heterocycles. The Kier molecular flexibility index (Phi) is 7.25. The van der Waals surface area contributed by atoms with E-state index in [0.717, 1.165) is 19.5 Å². The zero-order valence-electron chi connectivity index (χ0n) is 14.1. The molecule has 0 amide bonds. The summed E-state index contributed by atoms with van der Waals surface area (Å²) in [7, 11) is 2.23. The predicted molar refractivity (Wildman–Crippen MR) is 89.2 cm³/mol. The van der Waals surface area contributed by atoms with Crippen LogP contribution >= 0.6 is 0 Å². The van der Waals surface area contributed by atoms with Gasteiger partial charge in [-0.3, -0.25) is 0 Å². The molecule has 2 atom stereocenters. The highest BCUT2D eigenvalue weighted by atomic mass is 15.2. The third kappa shape index (κ3) is 4.92. The van der Waals surface area contributed by atoms with Gasteiger partial charge in [-0.1, -0.05) is 52.0 Å². The highest BCUT2D eigenvalue weighted by Gasteiger charge is 2.22. The molecule has 0 aromatic heterocycles. The van der Waals surface area contributed by atoms with Crippen LogP contribution in [0.15, 0.2) is 24.3 Å². The van der Waals surface area contributed by atoms with Crippen LogP contribution < -0.4 is 5.32 Å². The third-order valence-corrected chi connectivity index (χ3v) is 4.00. The number of aryl methyl sites for hydroxylation is 1. The summed E-state index contributed by atoms with van der Waals surface area (Å²) in [5.41, 5.74) is 2.80. The molecule has 114 valence electrons. The Morgan fingerprint density at radius 1 is 1.05 bits per heavy atom. The summed E-state index contributed by atoms with van der Waals surface area (Å²) < 4.78 is 0. The summed E-state index contributed by atoms with van der Waals surface area (Å²) in [5.74, 6) is 0.701. The lowest BCUT2D eigenvalue weighted by Crippen LogP contribution is -2.42. The van der Waals surface area contributed by atoms with Crippen LogP contribution in [0.4, 0.5) is 0 Å². The molecule has 0 aliphatic carbocycles. The number of nitrogens with one attached hydrogen (secondary N) is 1. The molecule has 0 saturated carbocycles. The highest BCUT2D eigenvalue weighted by Crippen LogP contribution is 2.21. The van der Waals surface area contributed by atoms with Gasteiger partial charge >= 0.3 is 0 Å². The topological polar surface area (TPSA) is 15.3 Å². The zero-order valence-corrected chi connectivity index (χ0v) is 14.1. The van der Waals surface area contributed by atoms with E-state index in [0.29, 0.717) is 18.0 Å². The maximum Gasteiger partial charge on any atom is 0.0475 e. The fourth-order valence-electron chi connectivity index (χ4n) is 2.74. The number of rotatable bonds is 8. The fraction of sp³-hybridized carbons (Fsp3) is 0.667. The molecule has 0 saturated heterocycles. The van der Waals surface area contributed by atoms with Crippen LogP contribution in [0.1, 0.15) is 51.8 Å². The summed E-state index contributed by atoms with van der Waals surface area (Å²) in [4.78, 5) is 2.46. The molecule has 20 heavy (non-hydrogen) atoms. The van der Waals surface area contributed by atoms with Crippen LogP contribution in [0, 0.1) is 5.92 Å². The second kappa shape index (κ2) is 8.43. The van der Waals surface area contributed by atoms with Gasteiger partial charge in [-0.2, -0.15) is 0 Å². The lowest BCUT2D eigenvalue weighted by Gasteiger charge is -2.34. The first-order chi connectivity index (χ1) is 9.49. The monoisotopic (exact) mass is 276 g/mol.